The van der Waals surface area contributed by atoms with Crippen LogP contribution in [0, 0.1) is 23.2 Å². The molecular weight excluding hydrogens is 420 g/mol. The number of benzene rings is 2. The molecule has 1 aliphatic rings. The summed E-state index contributed by atoms with van der Waals surface area (Å²) < 4.78 is 0. The van der Waals surface area contributed by atoms with Crippen LogP contribution < -0.4 is 10.6 Å². The van der Waals surface area contributed by atoms with Gasteiger partial charge in [0, 0.05) is 5.56 Å². The summed E-state index contributed by atoms with van der Waals surface area (Å²) in [6.07, 6.45) is 5.22. The van der Waals surface area contributed by atoms with E-state index in [4.69, 9.17) is 5.26 Å². The van der Waals surface area contributed by atoms with Gasteiger partial charge in [-0.3, -0.25) is 19.6 Å². The van der Waals surface area contributed by atoms with Gasteiger partial charge in [-0.15, -0.1) is 0 Å². The molecule has 3 amide bonds. The van der Waals surface area contributed by atoms with Gasteiger partial charge in [0.2, 0.25) is 12.3 Å². The second kappa shape index (κ2) is 11.8. The molecule has 1 atom stereocenters. The van der Waals surface area contributed by atoms with Crippen molar-refractivity contribution in [2.24, 2.45) is 11.8 Å². The highest BCUT2D eigenvalue weighted by Crippen LogP contribution is 2.30. The summed E-state index contributed by atoms with van der Waals surface area (Å²) in [6, 6.07) is 16.2. The van der Waals surface area contributed by atoms with E-state index in [2.05, 4.69) is 16.7 Å². The van der Waals surface area contributed by atoms with Gasteiger partial charge in [0.1, 0.15) is 0 Å². The zero-order valence-electron chi connectivity index (χ0n) is 18.4. The van der Waals surface area contributed by atoms with Gasteiger partial charge in [-0.1, -0.05) is 49.9 Å². The minimum atomic E-state index is -0.545. The third-order valence-electron chi connectivity index (χ3n) is 5.95. The topological polar surface area (TPSA) is 123 Å². The van der Waals surface area contributed by atoms with E-state index in [1.165, 1.54) is 0 Å². The minimum absolute atomic E-state index is 0.0699. The Morgan fingerprint density at radius 2 is 1.82 bits per heavy atom. The number of amides is 3. The lowest BCUT2D eigenvalue weighted by Crippen LogP contribution is -2.43. The van der Waals surface area contributed by atoms with Crippen molar-refractivity contribution in [3.63, 3.8) is 0 Å². The van der Waals surface area contributed by atoms with Crippen molar-refractivity contribution in [2.75, 3.05) is 13.2 Å². The maximum Gasteiger partial charge on any atom is 0.252 e. The fourth-order valence-electron chi connectivity index (χ4n) is 4.25. The first-order valence-electron chi connectivity index (χ1n) is 11.1. The van der Waals surface area contributed by atoms with Gasteiger partial charge in [-0.2, -0.15) is 5.26 Å². The molecule has 0 heterocycles. The molecule has 1 aliphatic carbocycles. The lowest BCUT2D eigenvalue weighted by molar-refractivity contribution is -0.155. The molecule has 0 aromatic heterocycles. The van der Waals surface area contributed by atoms with Crippen LogP contribution in [0.1, 0.15) is 48.0 Å². The van der Waals surface area contributed by atoms with E-state index in [0.29, 0.717) is 28.5 Å². The first-order valence-corrected chi connectivity index (χ1v) is 11.1. The summed E-state index contributed by atoms with van der Waals surface area (Å²) in [7, 11) is 0. The van der Waals surface area contributed by atoms with Crippen LogP contribution in [0.4, 0.5) is 0 Å². The Morgan fingerprint density at radius 1 is 1.12 bits per heavy atom. The van der Waals surface area contributed by atoms with Crippen LogP contribution in [0.15, 0.2) is 48.5 Å². The molecule has 8 nitrogen and oxygen atoms in total. The molecule has 3 N–H and O–H groups in total. The van der Waals surface area contributed by atoms with Crippen LogP contribution in [0.25, 0.3) is 11.1 Å². The smallest absolute Gasteiger partial charge is 0.252 e. The van der Waals surface area contributed by atoms with Gasteiger partial charge in [0.05, 0.1) is 30.8 Å². The molecule has 0 unspecified atom stereocenters. The molecule has 3 rings (SSSR count). The highest BCUT2D eigenvalue weighted by molar-refractivity contribution is 5.95. The molecule has 0 saturated heterocycles. The van der Waals surface area contributed by atoms with Crippen LogP contribution in [0.5, 0.6) is 0 Å². The maximum atomic E-state index is 12.7. The number of hydroxylamine groups is 2. The average molecular weight is 449 g/mol. The molecule has 8 heteroatoms. The monoisotopic (exact) mass is 448 g/mol. The van der Waals surface area contributed by atoms with Gasteiger partial charge >= 0.3 is 0 Å². The van der Waals surface area contributed by atoms with Crippen molar-refractivity contribution in [3.8, 4) is 17.2 Å². The summed E-state index contributed by atoms with van der Waals surface area (Å²) in [4.78, 5) is 36.1. The summed E-state index contributed by atoms with van der Waals surface area (Å²) in [6.45, 7) is -0.150. The zero-order chi connectivity index (χ0) is 23.6. The van der Waals surface area contributed by atoms with Crippen molar-refractivity contribution in [2.45, 2.75) is 32.1 Å². The standard InChI is InChI=1S/C25H28N4O4/c26-14-19-7-3-8-20(12-19)21-9-4-10-22(13-21)24(31)27-16-28-25(32)23(15-29(33)17-30)11-18-5-1-2-6-18/h3-4,7-10,12-13,17-18,23,33H,1-2,5-6,11,15-16H2,(H,27,31)(H,28,32)/t23-/m1/s1. The summed E-state index contributed by atoms with van der Waals surface area (Å²) >= 11 is 0. The lowest BCUT2D eigenvalue weighted by atomic mass is 9.92. The molecule has 0 aliphatic heterocycles. The SMILES string of the molecule is N#Cc1cccc(-c2cccc(C(=O)NCNC(=O)[C@H](CC3CCCC3)CN(O)C=O)c2)c1. The fraction of sp³-hybridized carbons (Fsp3) is 0.360. The maximum absolute atomic E-state index is 12.7. The van der Waals surface area contributed by atoms with Crippen LogP contribution in [0.2, 0.25) is 0 Å². The average Bonchev–Trinajstić information content (AvgIpc) is 3.36. The van der Waals surface area contributed by atoms with E-state index in [0.717, 1.165) is 36.8 Å². The van der Waals surface area contributed by atoms with Gasteiger partial charge in [-0.25, -0.2) is 5.06 Å². The van der Waals surface area contributed by atoms with Gasteiger partial charge in [0.25, 0.3) is 5.91 Å². The fourth-order valence-corrected chi connectivity index (χ4v) is 4.25. The molecule has 0 radical (unpaired) electrons. The summed E-state index contributed by atoms with van der Waals surface area (Å²) in [5.41, 5.74) is 2.59. The van der Waals surface area contributed by atoms with Crippen LogP contribution in [-0.2, 0) is 9.59 Å². The van der Waals surface area contributed by atoms with Crippen molar-refractivity contribution >= 4 is 18.2 Å². The van der Waals surface area contributed by atoms with Crippen molar-refractivity contribution in [1.82, 2.24) is 15.7 Å². The molecule has 1 fully saturated rings. The minimum Gasteiger partial charge on any atom is -0.338 e. The highest BCUT2D eigenvalue weighted by Gasteiger charge is 2.26. The number of nitriles is 1. The van der Waals surface area contributed by atoms with E-state index in [9.17, 15) is 19.6 Å². The van der Waals surface area contributed by atoms with Crippen molar-refractivity contribution in [3.05, 3.63) is 59.7 Å². The normalized spacial score (nSPS) is 14.2. The van der Waals surface area contributed by atoms with Crippen LogP contribution in [0.3, 0.4) is 0 Å². The lowest BCUT2D eigenvalue weighted by Gasteiger charge is -2.22. The van der Waals surface area contributed by atoms with E-state index in [1.807, 2.05) is 12.1 Å². The van der Waals surface area contributed by atoms with E-state index < -0.39 is 5.92 Å². The van der Waals surface area contributed by atoms with Crippen molar-refractivity contribution < 1.29 is 19.6 Å². The number of nitrogens with one attached hydrogen (secondary N) is 2. The number of nitrogens with zero attached hydrogens (tertiary/aromatic N) is 2. The predicted molar refractivity (Wildman–Crippen MR) is 122 cm³/mol. The van der Waals surface area contributed by atoms with Gasteiger partial charge in [-0.05, 0) is 47.7 Å². The first-order chi connectivity index (χ1) is 16.0. The zero-order valence-corrected chi connectivity index (χ0v) is 18.4. The molecule has 172 valence electrons. The Bertz CT molecular complexity index is 1030. The largest absolute Gasteiger partial charge is 0.338 e. The Labute approximate surface area is 193 Å². The molecule has 1 saturated carbocycles. The number of rotatable bonds is 10. The Hall–Kier alpha value is -3.70. The second-order valence-electron chi connectivity index (χ2n) is 8.31. The number of hydrogen-bond acceptors (Lipinski definition) is 5. The third-order valence-corrected chi connectivity index (χ3v) is 5.95. The summed E-state index contributed by atoms with van der Waals surface area (Å²) in [5.74, 6) is -0.809. The molecule has 33 heavy (non-hydrogen) atoms. The Balaban J connectivity index is 1.57. The number of carbonyl (C=O) groups excluding carboxylic acids is 3. The van der Waals surface area contributed by atoms with E-state index in [-0.39, 0.29) is 31.4 Å². The Morgan fingerprint density at radius 3 is 2.52 bits per heavy atom. The molecule has 0 spiro atoms. The molecule has 2 aromatic carbocycles. The summed E-state index contributed by atoms with van der Waals surface area (Å²) in [5, 5.41) is 24.5. The predicted octanol–water partition coefficient (Wildman–Crippen LogP) is 3.07. The highest BCUT2D eigenvalue weighted by atomic mass is 16.5. The van der Waals surface area contributed by atoms with E-state index >= 15 is 0 Å². The van der Waals surface area contributed by atoms with Crippen LogP contribution >= 0.6 is 0 Å². The van der Waals surface area contributed by atoms with Gasteiger partial charge < -0.3 is 10.6 Å². The second-order valence-corrected chi connectivity index (χ2v) is 8.31. The van der Waals surface area contributed by atoms with E-state index in [1.54, 1.807) is 36.4 Å². The Kier molecular flexibility index (Phi) is 8.56. The van der Waals surface area contributed by atoms with Gasteiger partial charge in [0.15, 0.2) is 0 Å². The quantitative estimate of drug-likeness (QED) is 0.223. The first kappa shape index (κ1) is 24.0. The number of carbonyl (C=O) groups is 3. The number of hydrogen-bond donors (Lipinski definition) is 3. The molecule has 0 bridgehead atoms. The third kappa shape index (κ3) is 6.89. The van der Waals surface area contributed by atoms with Crippen LogP contribution in [-0.4, -0.2) is 41.7 Å². The molecule has 2 aromatic rings. The van der Waals surface area contributed by atoms with Crippen molar-refractivity contribution in [1.29, 1.82) is 5.26 Å². The molecular formula is C25H28N4O4.